The van der Waals surface area contributed by atoms with Gasteiger partial charge in [0.05, 0.1) is 10.8 Å². The standard InChI is InChI=1S/C18H23N5O2S2/c1-10(26-18-22-21-13-8-3-2-4-9-23(13)18)16(25)20-17-14(15(19)24)11-6-5-7-12(11)27-17/h10H,2-9H2,1H3,(H2,19,24)(H,20,25). The number of anilines is 1. The van der Waals surface area contributed by atoms with E-state index in [4.69, 9.17) is 5.73 Å². The Kier molecular flexibility index (Phi) is 5.23. The van der Waals surface area contributed by atoms with Gasteiger partial charge in [-0.1, -0.05) is 18.2 Å². The van der Waals surface area contributed by atoms with Crippen LogP contribution >= 0.6 is 23.1 Å². The van der Waals surface area contributed by atoms with Crippen LogP contribution < -0.4 is 11.1 Å². The number of nitrogens with zero attached hydrogens (tertiary/aromatic N) is 3. The molecule has 2 amide bonds. The Balaban J connectivity index is 1.48. The Morgan fingerprint density at radius 2 is 2.04 bits per heavy atom. The molecule has 2 aromatic rings. The van der Waals surface area contributed by atoms with Gasteiger partial charge in [-0.2, -0.15) is 0 Å². The first kappa shape index (κ1) is 18.5. The van der Waals surface area contributed by atoms with Gasteiger partial charge in [-0.3, -0.25) is 9.59 Å². The molecule has 4 rings (SSSR count). The van der Waals surface area contributed by atoms with Crippen molar-refractivity contribution in [1.82, 2.24) is 14.8 Å². The van der Waals surface area contributed by atoms with Gasteiger partial charge in [-0.25, -0.2) is 0 Å². The zero-order valence-corrected chi connectivity index (χ0v) is 16.9. The van der Waals surface area contributed by atoms with Crippen molar-refractivity contribution in [2.24, 2.45) is 5.73 Å². The molecular formula is C18H23N5O2S2. The van der Waals surface area contributed by atoms with E-state index in [1.165, 1.54) is 34.4 Å². The maximum absolute atomic E-state index is 12.7. The summed E-state index contributed by atoms with van der Waals surface area (Å²) in [6, 6.07) is 0. The smallest absolute Gasteiger partial charge is 0.251 e. The number of thiophene rings is 1. The van der Waals surface area contributed by atoms with Crippen molar-refractivity contribution in [3.05, 3.63) is 21.8 Å². The van der Waals surface area contributed by atoms with Gasteiger partial charge in [0, 0.05) is 17.8 Å². The third kappa shape index (κ3) is 3.62. The average Bonchev–Trinajstić information content (AvgIpc) is 3.25. The number of carbonyl (C=O) groups is 2. The van der Waals surface area contributed by atoms with Crippen LogP contribution in [0.3, 0.4) is 0 Å². The number of aryl methyl sites for hydroxylation is 2. The normalized spacial score (nSPS) is 17.1. The molecule has 3 heterocycles. The SMILES string of the molecule is CC(Sc1nnc2n1CCCCC2)C(=O)Nc1sc2c(c1C(N)=O)CCC2. The fourth-order valence-electron chi connectivity index (χ4n) is 3.72. The van der Waals surface area contributed by atoms with Crippen molar-refractivity contribution in [2.75, 3.05) is 5.32 Å². The van der Waals surface area contributed by atoms with Crippen molar-refractivity contribution in [1.29, 1.82) is 0 Å². The minimum absolute atomic E-state index is 0.145. The molecule has 1 atom stereocenters. The number of thioether (sulfide) groups is 1. The zero-order valence-electron chi connectivity index (χ0n) is 15.3. The molecule has 1 aliphatic carbocycles. The molecule has 0 radical (unpaired) electrons. The molecule has 27 heavy (non-hydrogen) atoms. The summed E-state index contributed by atoms with van der Waals surface area (Å²) in [5, 5.41) is 12.5. The Morgan fingerprint density at radius 3 is 2.85 bits per heavy atom. The molecule has 2 aromatic heterocycles. The van der Waals surface area contributed by atoms with Gasteiger partial charge in [0.25, 0.3) is 5.91 Å². The van der Waals surface area contributed by atoms with Crippen molar-refractivity contribution in [3.8, 4) is 0 Å². The summed E-state index contributed by atoms with van der Waals surface area (Å²) in [7, 11) is 0. The lowest BCUT2D eigenvalue weighted by Crippen LogP contribution is -2.24. The monoisotopic (exact) mass is 405 g/mol. The molecule has 1 unspecified atom stereocenters. The minimum Gasteiger partial charge on any atom is -0.365 e. The van der Waals surface area contributed by atoms with Gasteiger partial charge < -0.3 is 15.6 Å². The van der Waals surface area contributed by atoms with E-state index in [1.807, 2.05) is 6.92 Å². The molecule has 1 aliphatic heterocycles. The first-order valence-corrected chi connectivity index (χ1v) is 11.1. The van der Waals surface area contributed by atoms with Crippen LogP contribution in [-0.4, -0.2) is 31.8 Å². The molecule has 0 fully saturated rings. The second kappa shape index (κ2) is 7.63. The third-order valence-electron chi connectivity index (χ3n) is 5.13. The van der Waals surface area contributed by atoms with Crippen LogP contribution in [0, 0.1) is 0 Å². The number of aromatic nitrogens is 3. The maximum atomic E-state index is 12.7. The first-order chi connectivity index (χ1) is 13.0. The predicted octanol–water partition coefficient (Wildman–Crippen LogP) is 2.77. The van der Waals surface area contributed by atoms with E-state index in [1.54, 1.807) is 0 Å². The van der Waals surface area contributed by atoms with E-state index in [9.17, 15) is 9.59 Å². The summed E-state index contributed by atoms with van der Waals surface area (Å²) >= 11 is 2.89. The lowest BCUT2D eigenvalue weighted by atomic mass is 10.1. The highest BCUT2D eigenvalue weighted by molar-refractivity contribution is 8.00. The highest BCUT2D eigenvalue weighted by atomic mass is 32.2. The van der Waals surface area contributed by atoms with E-state index in [-0.39, 0.29) is 11.2 Å². The van der Waals surface area contributed by atoms with Crippen LogP contribution in [0.4, 0.5) is 5.00 Å². The van der Waals surface area contributed by atoms with Crippen LogP contribution in [-0.2, 0) is 30.6 Å². The third-order valence-corrected chi connectivity index (χ3v) is 7.42. The van der Waals surface area contributed by atoms with Crippen molar-refractivity contribution < 1.29 is 9.59 Å². The quantitative estimate of drug-likeness (QED) is 0.745. The van der Waals surface area contributed by atoms with Gasteiger partial charge >= 0.3 is 0 Å². The van der Waals surface area contributed by atoms with Crippen molar-refractivity contribution in [2.45, 2.75) is 68.8 Å². The van der Waals surface area contributed by atoms with E-state index < -0.39 is 5.91 Å². The molecular weight excluding hydrogens is 382 g/mol. The molecule has 0 aromatic carbocycles. The number of nitrogens with two attached hydrogens (primary N) is 1. The highest BCUT2D eigenvalue weighted by Crippen LogP contribution is 2.39. The van der Waals surface area contributed by atoms with Crippen LogP contribution in [0.25, 0.3) is 0 Å². The number of hydrogen-bond acceptors (Lipinski definition) is 6. The number of primary amides is 1. The molecule has 3 N–H and O–H groups in total. The number of amides is 2. The molecule has 0 bridgehead atoms. The molecule has 0 saturated carbocycles. The summed E-state index contributed by atoms with van der Waals surface area (Å²) in [5.41, 5.74) is 7.09. The van der Waals surface area contributed by atoms with E-state index >= 15 is 0 Å². The maximum Gasteiger partial charge on any atom is 0.251 e. The number of carbonyl (C=O) groups excluding carboxylic acids is 2. The second-order valence-corrected chi connectivity index (χ2v) is 9.45. The first-order valence-electron chi connectivity index (χ1n) is 9.38. The molecule has 0 saturated heterocycles. The van der Waals surface area contributed by atoms with Gasteiger partial charge in [0.15, 0.2) is 5.16 Å². The average molecular weight is 406 g/mol. The number of hydrogen-bond donors (Lipinski definition) is 2. The van der Waals surface area contributed by atoms with Gasteiger partial charge in [-0.15, -0.1) is 21.5 Å². The lowest BCUT2D eigenvalue weighted by molar-refractivity contribution is -0.115. The van der Waals surface area contributed by atoms with Crippen LogP contribution in [0.5, 0.6) is 0 Å². The molecule has 0 spiro atoms. The molecule has 9 heteroatoms. The van der Waals surface area contributed by atoms with Crippen molar-refractivity contribution >= 4 is 39.9 Å². The Labute approximate surface area is 166 Å². The summed E-state index contributed by atoms with van der Waals surface area (Å²) < 4.78 is 2.13. The molecule has 2 aliphatic rings. The van der Waals surface area contributed by atoms with Gasteiger partial charge in [0.2, 0.25) is 5.91 Å². The topological polar surface area (TPSA) is 103 Å². The summed E-state index contributed by atoms with van der Waals surface area (Å²) in [5.74, 6) is 0.398. The van der Waals surface area contributed by atoms with Crippen LogP contribution in [0.2, 0.25) is 0 Å². The van der Waals surface area contributed by atoms with E-state index in [2.05, 4.69) is 20.1 Å². The Hall–Kier alpha value is -1.87. The predicted molar refractivity (Wildman–Crippen MR) is 106 cm³/mol. The largest absolute Gasteiger partial charge is 0.365 e. The van der Waals surface area contributed by atoms with E-state index in [0.29, 0.717) is 10.6 Å². The summed E-state index contributed by atoms with van der Waals surface area (Å²) in [6.07, 6.45) is 7.24. The Bertz CT molecular complexity index is 889. The van der Waals surface area contributed by atoms with Gasteiger partial charge in [0.1, 0.15) is 10.8 Å². The minimum atomic E-state index is -0.465. The van der Waals surface area contributed by atoms with Crippen molar-refractivity contribution in [3.63, 3.8) is 0 Å². The number of rotatable bonds is 5. The molecule has 7 nitrogen and oxygen atoms in total. The summed E-state index contributed by atoms with van der Waals surface area (Å²) in [6.45, 7) is 2.76. The Morgan fingerprint density at radius 1 is 1.19 bits per heavy atom. The van der Waals surface area contributed by atoms with Crippen LogP contribution in [0.1, 0.15) is 59.2 Å². The second-order valence-electron chi connectivity index (χ2n) is 7.04. The number of nitrogens with one attached hydrogen (secondary N) is 1. The number of fused-ring (bicyclic) bond motifs is 2. The van der Waals surface area contributed by atoms with E-state index in [0.717, 1.165) is 61.6 Å². The lowest BCUT2D eigenvalue weighted by Gasteiger charge is -2.13. The fraction of sp³-hybridized carbons (Fsp3) is 0.556. The zero-order chi connectivity index (χ0) is 19.0. The van der Waals surface area contributed by atoms with Gasteiger partial charge in [-0.05, 0) is 44.6 Å². The summed E-state index contributed by atoms with van der Waals surface area (Å²) in [4.78, 5) is 25.8. The highest BCUT2D eigenvalue weighted by Gasteiger charge is 2.28. The molecule has 144 valence electrons. The van der Waals surface area contributed by atoms with Crippen LogP contribution in [0.15, 0.2) is 5.16 Å². The fourth-order valence-corrected chi connectivity index (χ4v) is 5.92.